The summed E-state index contributed by atoms with van der Waals surface area (Å²) in [6, 6.07) is 61.4. The third-order valence-electron chi connectivity index (χ3n) is 12.9. The average molecular weight is 800 g/mol. The van der Waals surface area contributed by atoms with Crippen LogP contribution in [0.1, 0.15) is 61.1 Å². The molecule has 9 rings (SSSR count). The van der Waals surface area contributed by atoms with Crippen LogP contribution in [0, 0.1) is 22.7 Å². The first-order valence-electron chi connectivity index (χ1n) is 20.2. The maximum Gasteiger partial charge on any atom is 0.184 e. The molecule has 0 bridgehead atoms. The van der Waals surface area contributed by atoms with Crippen molar-refractivity contribution in [1.82, 2.24) is 0 Å². The van der Waals surface area contributed by atoms with Gasteiger partial charge in [-0.2, -0.15) is 34.0 Å². The van der Waals surface area contributed by atoms with E-state index in [0.29, 0.717) is 11.1 Å². The Labute approximate surface area is 353 Å². The molecule has 2 heterocycles. The van der Waals surface area contributed by atoms with Gasteiger partial charge in [-0.05, 0) is 64.7 Å². The molecule has 0 N–H and O–H groups in total. The molecule has 2 aliphatic rings. The second kappa shape index (κ2) is 14.2. The molecule has 4 nitrogen and oxygen atoms in total. The molecule has 0 radical (unpaired) electrons. The fourth-order valence-corrected chi connectivity index (χ4v) is 14.4. The van der Waals surface area contributed by atoms with Crippen molar-refractivity contribution in [3.63, 3.8) is 0 Å². The summed E-state index contributed by atoms with van der Waals surface area (Å²) in [7, 11) is -3.22. The summed E-state index contributed by atoms with van der Waals surface area (Å²) in [6.07, 6.45) is 2.20. The summed E-state index contributed by atoms with van der Waals surface area (Å²) < 4.78 is 0. The lowest BCUT2D eigenvalue weighted by Crippen LogP contribution is -2.55. The lowest BCUT2D eigenvalue weighted by molar-refractivity contribution is 0.631. The topological polar surface area (TPSA) is 54.1 Å². The fraction of sp³-hybridized carbons (Fsp3) is 0.170. The Morgan fingerprint density at radius 2 is 0.814 bits per heavy atom. The second-order valence-electron chi connectivity index (χ2n) is 17.2. The number of rotatable bonds is 6. The van der Waals surface area contributed by atoms with E-state index < -0.39 is 19.0 Å². The smallest absolute Gasteiger partial charge is 0.184 e. The van der Waals surface area contributed by atoms with E-state index in [0.717, 1.165) is 37.7 Å². The van der Waals surface area contributed by atoms with Crippen LogP contribution < -0.4 is 20.2 Å². The summed E-state index contributed by atoms with van der Waals surface area (Å²) in [6.45, 7) is 13.9. The number of nitrogens with zero attached hydrogens (tertiary/aromatic N) is 4. The minimum Gasteiger partial charge on any atom is -0.313 e. The van der Waals surface area contributed by atoms with Crippen molar-refractivity contribution in [2.75, 3.05) is 16.1 Å². The molecule has 1 unspecified atom stereocenters. The van der Waals surface area contributed by atoms with Crippen LogP contribution in [-0.4, -0.2) is 14.3 Å². The first-order valence-corrected chi connectivity index (χ1v) is 24.9. The zero-order chi connectivity index (χ0) is 41.3. The third kappa shape index (κ3) is 5.85. The Hall–Kier alpha value is -6.31. The number of nitriles is 2. The molecular weight excluding hydrogens is 753 g/mol. The molecule has 1 atom stereocenters. The highest BCUT2D eigenvalue weighted by Crippen LogP contribution is 2.54. The lowest BCUT2D eigenvalue weighted by atomic mass is 9.73. The predicted octanol–water partition coefficient (Wildman–Crippen LogP) is 12.1. The Morgan fingerprint density at radius 1 is 0.441 bits per heavy atom. The quantitative estimate of drug-likeness (QED) is 0.124. The van der Waals surface area contributed by atoms with Crippen LogP contribution in [0.3, 0.4) is 0 Å². The van der Waals surface area contributed by atoms with Gasteiger partial charge in [-0.25, -0.2) is 0 Å². The molecule has 0 amide bonds. The molecule has 0 saturated heterocycles. The van der Waals surface area contributed by atoms with Crippen molar-refractivity contribution in [3.05, 3.63) is 191 Å². The molecule has 289 valence electrons. The van der Waals surface area contributed by atoms with Gasteiger partial charge in [-0.15, -0.1) is 0 Å². The zero-order valence-corrected chi connectivity index (χ0v) is 36.5. The van der Waals surface area contributed by atoms with Crippen molar-refractivity contribution in [3.8, 4) is 12.1 Å². The Morgan fingerprint density at radius 3 is 1.27 bits per heavy atom. The summed E-state index contributed by atoms with van der Waals surface area (Å²) in [5.41, 5.74) is 12.8. The van der Waals surface area contributed by atoms with Gasteiger partial charge in [0, 0.05) is 28.1 Å². The fourth-order valence-electron chi connectivity index (χ4n) is 9.75. The van der Waals surface area contributed by atoms with Crippen LogP contribution in [0.2, 0.25) is 13.1 Å². The van der Waals surface area contributed by atoms with Crippen molar-refractivity contribution in [2.24, 2.45) is 0 Å². The molecule has 0 spiro atoms. The van der Waals surface area contributed by atoms with E-state index in [9.17, 15) is 10.5 Å². The summed E-state index contributed by atoms with van der Waals surface area (Å²) in [5.74, 6) is 0. The molecule has 0 aliphatic carbocycles. The van der Waals surface area contributed by atoms with Crippen molar-refractivity contribution >= 4 is 63.5 Å². The van der Waals surface area contributed by atoms with Crippen molar-refractivity contribution in [2.45, 2.75) is 61.4 Å². The summed E-state index contributed by atoms with van der Waals surface area (Å²) in [5, 5.41) is 24.2. The zero-order valence-electron chi connectivity index (χ0n) is 34.7. The van der Waals surface area contributed by atoms with E-state index in [1.54, 1.807) is 0 Å². The first-order chi connectivity index (χ1) is 28.4. The van der Waals surface area contributed by atoms with Gasteiger partial charge in [0.2, 0.25) is 0 Å². The number of anilines is 6. The van der Waals surface area contributed by atoms with Crippen molar-refractivity contribution in [1.29, 1.82) is 10.5 Å². The highest BCUT2D eigenvalue weighted by atomic mass is 32.2. The van der Waals surface area contributed by atoms with Crippen LogP contribution in [0.4, 0.5) is 34.1 Å². The monoisotopic (exact) mass is 799 g/mol. The van der Waals surface area contributed by atoms with Crippen LogP contribution in [0.5, 0.6) is 0 Å². The van der Waals surface area contributed by atoms with Gasteiger partial charge in [-0.3, -0.25) is 0 Å². The van der Waals surface area contributed by atoms with Gasteiger partial charge < -0.3 is 9.80 Å². The number of benzene rings is 7. The molecule has 0 fully saturated rings. The van der Waals surface area contributed by atoms with E-state index in [2.05, 4.69) is 221 Å². The van der Waals surface area contributed by atoms with Crippen LogP contribution in [0.25, 0.3) is 0 Å². The maximum absolute atomic E-state index is 11.0. The van der Waals surface area contributed by atoms with E-state index in [1.165, 1.54) is 38.8 Å². The number of para-hydroxylation sites is 6. The van der Waals surface area contributed by atoms with E-state index in [-0.39, 0.29) is 10.8 Å². The molecule has 0 aromatic heterocycles. The second-order valence-corrected chi connectivity index (χ2v) is 23.5. The van der Waals surface area contributed by atoms with Crippen molar-refractivity contribution < 1.29 is 0 Å². The number of hydrogen-bond acceptors (Lipinski definition) is 4. The van der Waals surface area contributed by atoms with Gasteiger partial charge in [-0.1, -0.05) is 145 Å². The Balaban J connectivity index is 1.17. The van der Waals surface area contributed by atoms with Gasteiger partial charge in [0.1, 0.15) is 23.6 Å². The third-order valence-corrected chi connectivity index (χ3v) is 18.4. The largest absolute Gasteiger partial charge is 0.313 e. The van der Waals surface area contributed by atoms with E-state index >= 15 is 0 Å². The summed E-state index contributed by atoms with van der Waals surface area (Å²) in [4.78, 5) is 6.82. The van der Waals surface area contributed by atoms with Crippen LogP contribution in [-0.2, 0) is 21.7 Å². The molecule has 2 aliphatic heterocycles. The van der Waals surface area contributed by atoms with Gasteiger partial charge in [0.05, 0.1) is 39.7 Å². The van der Waals surface area contributed by atoms with Crippen LogP contribution in [0.15, 0.2) is 168 Å². The molecule has 6 heteroatoms. The standard InChI is InChI=1S/C53H47N4SSi/c1-52(2)38-20-8-12-24-42(38)56(43-25-13-9-21-39(43)52)46-28-16-18-30-48(46)58(5)49-32-37(35-55)51(33-36(49)34-54)59(6,7)50-31-19-17-29-47(50)57-44-26-14-10-22-40(44)53(3,4)41-23-11-15-27-45(41)57/h8-33H,1-7H3. The summed E-state index contributed by atoms with van der Waals surface area (Å²) >= 11 is 0. The molecule has 7 aromatic carbocycles. The molecule has 0 saturated carbocycles. The van der Waals surface area contributed by atoms with E-state index in [4.69, 9.17) is 0 Å². The van der Waals surface area contributed by atoms with E-state index in [1.807, 2.05) is 6.07 Å². The normalized spacial score (nSPS) is 15.1. The SMILES string of the molecule is C[S+](c1cc(C#N)c([Si-](C)(C)c2ccccc2N2c3ccccc3C(C)(C)c3ccccc32)cc1C#N)c1ccccc1N1c2ccccc2C(C)(C)c2ccccc21. The Bertz CT molecular complexity index is 2800. The minimum atomic E-state index is -2.66. The lowest BCUT2D eigenvalue weighted by Gasteiger charge is -2.46. The van der Waals surface area contributed by atoms with Gasteiger partial charge in [0.15, 0.2) is 9.79 Å². The maximum atomic E-state index is 11.0. The van der Waals surface area contributed by atoms with Gasteiger partial charge in [0.25, 0.3) is 0 Å². The number of fused-ring (bicyclic) bond motifs is 4. The molecule has 59 heavy (non-hydrogen) atoms. The minimum absolute atomic E-state index is 0.176. The highest BCUT2D eigenvalue weighted by Gasteiger charge is 2.40. The number of hydrogen-bond donors (Lipinski definition) is 0. The molecular formula is C53H47N4SSi. The predicted molar refractivity (Wildman–Crippen MR) is 249 cm³/mol. The average Bonchev–Trinajstić information content (AvgIpc) is 3.26. The Kier molecular flexibility index (Phi) is 9.20. The molecule has 7 aromatic rings. The van der Waals surface area contributed by atoms with Gasteiger partial charge >= 0.3 is 0 Å². The van der Waals surface area contributed by atoms with Crippen LogP contribution >= 0.6 is 0 Å². The first kappa shape index (κ1) is 38.2. The highest BCUT2D eigenvalue weighted by molar-refractivity contribution is 7.96.